The third-order valence-electron chi connectivity index (χ3n) is 2.35. The minimum absolute atomic E-state index is 0.287. The van der Waals surface area contributed by atoms with E-state index >= 15 is 0 Å². The predicted octanol–water partition coefficient (Wildman–Crippen LogP) is 5.10. The summed E-state index contributed by atoms with van der Waals surface area (Å²) in [5.41, 5.74) is 0.989. The van der Waals surface area contributed by atoms with Crippen molar-refractivity contribution in [2.45, 2.75) is 0 Å². The highest BCUT2D eigenvalue weighted by molar-refractivity contribution is 14.1. The first kappa shape index (κ1) is 14.7. The van der Waals surface area contributed by atoms with Gasteiger partial charge in [-0.05, 0) is 74.9 Å². The van der Waals surface area contributed by atoms with Crippen molar-refractivity contribution in [3.05, 3.63) is 60.8 Å². The number of hydrogen-bond donors (Lipinski definition) is 1. The van der Waals surface area contributed by atoms with E-state index < -0.39 is 0 Å². The summed E-state index contributed by atoms with van der Waals surface area (Å²) >= 11 is 11.0. The standard InChI is InChI=1S/C13H7BrClFINO/c14-10-6-8(2-3-11(10)16)18-13(19)9-5-7(15)1-4-12(9)17/h1-6H,(H,18,19). The van der Waals surface area contributed by atoms with Crippen molar-refractivity contribution in [2.24, 2.45) is 0 Å². The normalized spacial score (nSPS) is 10.3. The lowest BCUT2D eigenvalue weighted by molar-refractivity contribution is 0.102. The fraction of sp³-hybridized carbons (Fsp3) is 0. The maximum atomic E-state index is 13.1. The number of amides is 1. The Labute approximate surface area is 136 Å². The molecule has 0 saturated carbocycles. The van der Waals surface area contributed by atoms with Crippen LogP contribution in [0.2, 0.25) is 5.02 Å². The lowest BCUT2D eigenvalue weighted by Gasteiger charge is -2.08. The van der Waals surface area contributed by atoms with Gasteiger partial charge in [0.25, 0.3) is 5.91 Å². The molecule has 0 aliphatic heterocycles. The molecule has 0 heterocycles. The van der Waals surface area contributed by atoms with E-state index in [2.05, 4.69) is 43.8 Å². The van der Waals surface area contributed by atoms with E-state index in [0.29, 0.717) is 20.7 Å². The summed E-state index contributed by atoms with van der Waals surface area (Å²) < 4.78 is 14.2. The molecule has 0 bridgehead atoms. The van der Waals surface area contributed by atoms with Crippen LogP contribution in [0.1, 0.15) is 10.4 Å². The average Bonchev–Trinajstić information content (AvgIpc) is 2.36. The Morgan fingerprint density at radius 3 is 2.68 bits per heavy atom. The molecule has 1 amide bonds. The molecule has 0 unspecified atom stereocenters. The second kappa shape index (κ2) is 6.19. The Bertz CT molecular complexity index is 651. The van der Waals surface area contributed by atoms with Gasteiger partial charge in [-0.2, -0.15) is 0 Å². The van der Waals surface area contributed by atoms with E-state index in [0.717, 1.165) is 3.57 Å². The van der Waals surface area contributed by atoms with Crippen molar-refractivity contribution < 1.29 is 9.18 Å². The molecule has 0 aliphatic carbocycles. The molecule has 0 aromatic heterocycles. The average molecular weight is 454 g/mol. The van der Waals surface area contributed by atoms with E-state index in [1.165, 1.54) is 18.2 Å². The van der Waals surface area contributed by atoms with Crippen LogP contribution in [0.5, 0.6) is 0 Å². The SMILES string of the molecule is O=C(Nc1ccc(F)c(Br)c1)c1cc(Cl)ccc1I. The highest BCUT2D eigenvalue weighted by Gasteiger charge is 2.11. The Kier molecular flexibility index (Phi) is 4.81. The van der Waals surface area contributed by atoms with E-state index in [1.54, 1.807) is 18.2 Å². The molecular weight excluding hydrogens is 447 g/mol. The summed E-state index contributed by atoms with van der Waals surface area (Å²) in [5.74, 6) is -0.666. The van der Waals surface area contributed by atoms with Gasteiger partial charge in [-0.15, -0.1) is 0 Å². The highest BCUT2D eigenvalue weighted by atomic mass is 127. The Morgan fingerprint density at radius 1 is 1.26 bits per heavy atom. The van der Waals surface area contributed by atoms with Crippen LogP contribution in [0.3, 0.4) is 0 Å². The first-order valence-electron chi connectivity index (χ1n) is 5.19. The molecule has 0 spiro atoms. The molecule has 2 rings (SSSR count). The van der Waals surface area contributed by atoms with E-state index in [1.807, 2.05) is 0 Å². The van der Waals surface area contributed by atoms with Crippen molar-refractivity contribution in [1.29, 1.82) is 0 Å². The number of hydrogen-bond acceptors (Lipinski definition) is 1. The molecule has 0 aliphatic rings. The van der Waals surface area contributed by atoms with Crippen LogP contribution < -0.4 is 5.32 Å². The molecule has 6 heteroatoms. The number of nitrogens with one attached hydrogen (secondary N) is 1. The third-order valence-corrected chi connectivity index (χ3v) is 4.13. The zero-order chi connectivity index (χ0) is 14.0. The molecule has 0 saturated heterocycles. The predicted molar refractivity (Wildman–Crippen MR) is 86.2 cm³/mol. The van der Waals surface area contributed by atoms with Gasteiger partial charge >= 0.3 is 0 Å². The summed E-state index contributed by atoms with van der Waals surface area (Å²) in [6.45, 7) is 0. The fourth-order valence-corrected chi connectivity index (χ4v) is 2.58. The van der Waals surface area contributed by atoms with Crippen LogP contribution in [0, 0.1) is 9.39 Å². The van der Waals surface area contributed by atoms with Gasteiger partial charge in [0.1, 0.15) is 5.82 Å². The van der Waals surface area contributed by atoms with Gasteiger partial charge in [-0.3, -0.25) is 4.79 Å². The largest absolute Gasteiger partial charge is 0.322 e. The Balaban J connectivity index is 2.25. The van der Waals surface area contributed by atoms with Crippen molar-refractivity contribution in [1.82, 2.24) is 0 Å². The third kappa shape index (κ3) is 3.67. The number of halogens is 4. The summed E-state index contributed by atoms with van der Waals surface area (Å²) in [5, 5.41) is 3.19. The maximum Gasteiger partial charge on any atom is 0.256 e. The van der Waals surface area contributed by atoms with Crippen LogP contribution >= 0.6 is 50.1 Å². The lowest BCUT2D eigenvalue weighted by atomic mass is 10.2. The summed E-state index contributed by atoms with van der Waals surface area (Å²) in [7, 11) is 0. The fourth-order valence-electron chi connectivity index (χ4n) is 1.44. The Morgan fingerprint density at radius 2 is 2.00 bits per heavy atom. The number of anilines is 1. The van der Waals surface area contributed by atoms with Crippen LogP contribution in [-0.4, -0.2) is 5.91 Å². The van der Waals surface area contributed by atoms with Gasteiger partial charge in [0, 0.05) is 14.3 Å². The summed E-state index contributed by atoms with van der Waals surface area (Å²) in [6, 6.07) is 9.35. The number of benzene rings is 2. The molecule has 0 atom stereocenters. The summed E-state index contributed by atoms with van der Waals surface area (Å²) in [4.78, 5) is 12.1. The van der Waals surface area contributed by atoms with Gasteiger partial charge in [-0.1, -0.05) is 11.6 Å². The first-order valence-corrected chi connectivity index (χ1v) is 7.44. The number of carbonyl (C=O) groups excluding carboxylic acids is 1. The molecule has 1 N–H and O–H groups in total. The molecule has 0 fully saturated rings. The Hall–Kier alpha value is -0.660. The van der Waals surface area contributed by atoms with Gasteiger partial charge < -0.3 is 5.32 Å². The zero-order valence-electron chi connectivity index (χ0n) is 9.38. The number of carbonyl (C=O) groups is 1. The topological polar surface area (TPSA) is 29.1 Å². The van der Waals surface area contributed by atoms with Gasteiger partial charge in [-0.25, -0.2) is 4.39 Å². The molecular formula is C13H7BrClFINO. The van der Waals surface area contributed by atoms with E-state index in [9.17, 15) is 9.18 Å². The van der Waals surface area contributed by atoms with Crippen LogP contribution in [0.4, 0.5) is 10.1 Å². The molecule has 2 aromatic rings. The minimum atomic E-state index is -0.379. The second-order valence-corrected chi connectivity index (χ2v) is 6.16. The molecule has 0 radical (unpaired) electrons. The van der Waals surface area contributed by atoms with Crippen molar-refractivity contribution in [3.63, 3.8) is 0 Å². The molecule has 2 aromatic carbocycles. The first-order chi connectivity index (χ1) is 8.97. The molecule has 98 valence electrons. The molecule has 2 nitrogen and oxygen atoms in total. The second-order valence-electron chi connectivity index (χ2n) is 3.71. The quantitative estimate of drug-likeness (QED) is 0.629. The lowest BCUT2D eigenvalue weighted by Crippen LogP contribution is -2.13. The summed E-state index contributed by atoms with van der Waals surface area (Å²) in [6.07, 6.45) is 0. The smallest absolute Gasteiger partial charge is 0.256 e. The van der Waals surface area contributed by atoms with Crippen molar-refractivity contribution in [3.8, 4) is 0 Å². The molecule has 19 heavy (non-hydrogen) atoms. The van der Waals surface area contributed by atoms with Gasteiger partial charge in [0.2, 0.25) is 0 Å². The minimum Gasteiger partial charge on any atom is -0.322 e. The van der Waals surface area contributed by atoms with Crippen LogP contribution in [0.25, 0.3) is 0 Å². The maximum absolute atomic E-state index is 13.1. The zero-order valence-corrected chi connectivity index (χ0v) is 13.9. The van der Waals surface area contributed by atoms with E-state index in [4.69, 9.17) is 11.6 Å². The van der Waals surface area contributed by atoms with Crippen LogP contribution in [0.15, 0.2) is 40.9 Å². The number of rotatable bonds is 2. The van der Waals surface area contributed by atoms with Crippen LogP contribution in [-0.2, 0) is 0 Å². The monoisotopic (exact) mass is 453 g/mol. The van der Waals surface area contributed by atoms with Crippen molar-refractivity contribution in [2.75, 3.05) is 5.32 Å². The highest BCUT2D eigenvalue weighted by Crippen LogP contribution is 2.22. The van der Waals surface area contributed by atoms with Gasteiger partial charge in [0.05, 0.1) is 10.0 Å². The van der Waals surface area contributed by atoms with Crippen molar-refractivity contribution >= 4 is 61.7 Å². The van der Waals surface area contributed by atoms with Gasteiger partial charge in [0.15, 0.2) is 0 Å². The van der Waals surface area contributed by atoms with E-state index in [-0.39, 0.29) is 11.7 Å².